The van der Waals surface area contributed by atoms with Gasteiger partial charge in [0.25, 0.3) is 5.56 Å². The number of H-pyrrole nitrogens is 1. The topological polar surface area (TPSA) is 75.9 Å². The standard InChI is InChI=1S/C19H22ClN5O2/c1-12-7-5-6-10-24(12)18-21-16-15(17(26)22-19(27)23(16)2)25(18)11-13-8-3-4-9-14(13)20/h3-4,8-9,12H,5-7,10-11H2,1-2H3,(H,22,26,27)/t12-/m0/s1. The third kappa shape index (κ3) is 3.06. The van der Waals surface area contributed by atoms with Crippen LogP contribution in [0.5, 0.6) is 0 Å². The van der Waals surface area contributed by atoms with Crippen molar-refractivity contribution in [2.45, 2.75) is 38.8 Å². The second kappa shape index (κ2) is 6.88. The summed E-state index contributed by atoms with van der Waals surface area (Å²) >= 11 is 6.37. The van der Waals surface area contributed by atoms with E-state index in [0.717, 1.165) is 24.9 Å². The first-order valence-electron chi connectivity index (χ1n) is 9.17. The molecule has 3 heterocycles. The maximum Gasteiger partial charge on any atom is 0.329 e. The number of nitrogens with zero attached hydrogens (tertiary/aromatic N) is 4. The molecule has 142 valence electrons. The summed E-state index contributed by atoms with van der Waals surface area (Å²) < 4.78 is 3.27. The summed E-state index contributed by atoms with van der Waals surface area (Å²) in [5.41, 5.74) is 0.794. The predicted molar refractivity (Wildman–Crippen MR) is 107 cm³/mol. The van der Waals surface area contributed by atoms with Crippen LogP contribution in [0.25, 0.3) is 11.2 Å². The van der Waals surface area contributed by atoms with Gasteiger partial charge in [0.15, 0.2) is 11.2 Å². The Balaban J connectivity index is 1.97. The van der Waals surface area contributed by atoms with Crippen molar-refractivity contribution in [2.24, 2.45) is 7.05 Å². The Bertz CT molecular complexity index is 1110. The molecule has 1 aromatic carbocycles. The van der Waals surface area contributed by atoms with Gasteiger partial charge in [-0.15, -0.1) is 0 Å². The van der Waals surface area contributed by atoms with Gasteiger partial charge in [0.1, 0.15) is 0 Å². The number of hydrogen-bond donors (Lipinski definition) is 1. The first kappa shape index (κ1) is 17.9. The summed E-state index contributed by atoms with van der Waals surface area (Å²) in [5.74, 6) is 0.712. The van der Waals surface area contributed by atoms with E-state index in [0.29, 0.717) is 34.7 Å². The highest BCUT2D eigenvalue weighted by Gasteiger charge is 2.26. The molecular formula is C19H22ClN5O2. The van der Waals surface area contributed by atoms with Crippen LogP contribution in [-0.4, -0.2) is 31.7 Å². The van der Waals surface area contributed by atoms with Crippen LogP contribution in [-0.2, 0) is 13.6 Å². The Kier molecular flexibility index (Phi) is 4.55. The van der Waals surface area contributed by atoms with Gasteiger partial charge >= 0.3 is 5.69 Å². The summed E-state index contributed by atoms with van der Waals surface area (Å²) in [7, 11) is 1.62. The van der Waals surface area contributed by atoms with Crippen molar-refractivity contribution in [3.05, 3.63) is 55.7 Å². The molecule has 0 unspecified atom stereocenters. The molecule has 0 spiro atoms. The zero-order chi connectivity index (χ0) is 19.1. The molecule has 0 saturated carbocycles. The van der Waals surface area contributed by atoms with Gasteiger partial charge in [-0.2, -0.15) is 4.98 Å². The van der Waals surface area contributed by atoms with Crippen molar-refractivity contribution in [2.75, 3.05) is 11.4 Å². The highest BCUT2D eigenvalue weighted by atomic mass is 35.5. The lowest BCUT2D eigenvalue weighted by molar-refractivity contribution is 0.472. The number of benzene rings is 1. The van der Waals surface area contributed by atoms with Crippen molar-refractivity contribution in [3.8, 4) is 0 Å². The van der Waals surface area contributed by atoms with Crippen LogP contribution >= 0.6 is 11.6 Å². The minimum atomic E-state index is -0.465. The molecule has 4 rings (SSSR count). The van der Waals surface area contributed by atoms with E-state index < -0.39 is 11.2 Å². The molecule has 7 nitrogen and oxygen atoms in total. The second-order valence-electron chi connectivity index (χ2n) is 7.12. The molecule has 2 aromatic heterocycles. The number of rotatable bonds is 3. The van der Waals surface area contributed by atoms with Crippen molar-refractivity contribution in [1.29, 1.82) is 0 Å². The number of piperidine rings is 1. The largest absolute Gasteiger partial charge is 0.339 e. The van der Waals surface area contributed by atoms with Gasteiger partial charge in [0.05, 0.1) is 6.54 Å². The van der Waals surface area contributed by atoms with Crippen LogP contribution in [0.2, 0.25) is 5.02 Å². The first-order valence-corrected chi connectivity index (χ1v) is 9.54. The minimum absolute atomic E-state index is 0.316. The summed E-state index contributed by atoms with van der Waals surface area (Å²) in [6.45, 7) is 3.45. The number of nitrogens with one attached hydrogen (secondary N) is 1. The van der Waals surface area contributed by atoms with Crippen molar-refractivity contribution in [1.82, 2.24) is 19.1 Å². The van der Waals surface area contributed by atoms with Gasteiger partial charge in [-0.05, 0) is 37.8 Å². The SMILES string of the molecule is C[C@H]1CCCCN1c1nc2c(c(=O)[nH]c(=O)n2C)n1Cc1ccccc1Cl. The number of halogens is 1. The Morgan fingerprint density at radius 1 is 1.26 bits per heavy atom. The van der Waals surface area contributed by atoms with Gasteiger partial charge in [-0.25, -0.2) is 4.79 Å². The van der Waals surface area contributed by atoms with Crippen molar-refractivity contribution < 1.29 is 0 Å². The first-order chi connectivity index (χ1) is 13.0. The van der Waals surface area contributed by atoms with E-state index >= 15 is 0 Å². The average Bonchev–Trinajstić information content (AvgIpc) is 3.02. The predicted octanol–water partition coefficient (Wildman–Crippen LogP) is 2.50. The van der Waals surface area contributed by atoms with Crippen LogP contribution in [0.1, 0.15) is 31.7 Å². The zero-order valence-electron chi connectivity index (χ0n) is 15.4. The Morgan fingerprint density at radius 3 is 2.78 bits per heavy atom. The summed E-state index contributed by atoms with van der Waals surface area (Å²) in [4.78, 5) is 34.0. The molecule has 1 aliphatic rings. The van der Waals surface area contributed by atoms with Crippen LogP contribution < -0.4 is 16.1 Å². The van der Waals surface area contributed by atoms with E-state index in [9.17, 15) is 9.59 Å². The maximum atomic E-state index is 12.6. The van der Waals surface area contributed by atoms with Gasteiger partial charge < -0.3 is 4.90 Å². The molecular weight excluding hydrogens is 366 g/mol. The Morgan fingerprint density at radius 2 is 2.04 bits per heavy atom. The van der Waals surface area contributed by atoms with E-state index in [-0.39, 0.29) is 0 Å². The molecule has 1 aliphatic heterocycles. The number of hydrogen-bond acceptors (Lipinski definition) is 4. The van der Waals surface area contributed by atoms with Crippen LogP contribution in [0.3, 0.4) is 0 Å². The van der Waals surface area contributed by atoms with Crippen LogP contribution in [0.4, 0.5) is 5.95 Å². The molecule has 0 radical (unpaired) electrons. The molecule has 8 heteroatoms. The molecule has 27 heavy (non-hydrogen) atoms. The molecule has 3 aromatic rings. The molecule has 1 atom stereocenters. The highest BCUT2D eigenvalue weighted by molar-refractivity contribution is 6.31. The van der Waals surface area contributed by atoms with E-state index in [1.165, 1.54) is 11.0 Å². The van der Waals surface area contributed by atoms with Gasteiger partial charge in [-0.3, -0.25) is 18.9 Å². The van der Waals surface area contributed by atoms with Crippen molar-refractivity contribution >= 4 is 28.7 Å². The number of aromatic nitrogens is 4. The van der Waals surface area contributed by atoms with Gasteiger partial charge in [0.2, 0.25) is 5.95 Å². The fourth-order valence-electron chi connectivity index (χ4n) is 3.78. The fourth-order valence-corrected chi connectivity index (χ4v) is 3.98. The second-order valence-corrected chi connectivity index (χ2v) is 7.53. The van der Waals surface area contributed by atoms with Crippen LogP contribution in [0, 0.1) is 0 Å². The molecule has 1 fully saturated rings. The van der Waals surface area contributed by atoms with Crippen molar-refractivity contribution in [3.63, 3.8) is 0 Å². The van der Waals surface area contributed by atoms with Gasteiger partial charge in [0, 0.05) is 24.7 Å². The number of aromatic amines is 1. The van der Waals surface area contributed by atoms with Gasteiger partial charge in [-0.1, -0.05) is 29.8 Å². The lowest BCUT2D eigenvalue weighted by Gasteiger charge is -2.34. The summed E-state index contributed by atoms with van der Waals surface area (Å²) in [6.07, 6.45) is 3.33. The Hall–Kier alpha value is -2.54. The van der Waals surface area contributed by atoms with E-state index in [4.69, 9.17) is 16.6 Å². The lowest BCUT2D eigenvalue weighted by atomic mass is 10.0. The zero-order valence-corrected chi connectivity index (χ0v) is 16.2. The molecule has 0 amide bonds. The molecule has 0 aliphatic carbocycles. The van der Waals surface area contributed by atoms with Crippen LogP contribution in [0.15, 0.2) is 33.9 Å². The molecule has 1 saturated heterocycles. The third-order valence-electron chi connectivity index (χ3n) is 5.33. The quantitative estimate of drug-likeness (QED) is 0.749. The maximum absolute atomic E-state index is 12.6. The molecule has 1 N–H and O–H groups in total. The van der Waals surface area contributed by atoms with E-state index in [1.54, 1.807) is 7.05 Å². The smallest absolute Gasteiger partial charge is 0.329 e. The number of imidazole rings is 1. The molecule has 0 bridgehead atoms. The normalized spacial score (nSPS) is 17.6. The fraction of sp³-hybridized carbons (Fsp3) is 0.421. The lowest BCUT2D eigenvalue weighted by Crippen LogP contribution is -2.39. The Labute approximate surface area is 161 Å². The monoisotopic (exact) mass is 387 g/mol. The minimum Gasteiger partial charge on any atom is -0.339 e. The number of aryl methyl sites for hydroxylation is 1. The van der Waals surface area contributed by atoms with E-state index in [1.807, 2.05) is 28.8 Å². The third-order valence-corrected chi connectivity index (χ3v) is 5.70. The summed E-state index contributed by atoms with van der Waals surface area (Å²) in [6, 6.07) is 7.88. The number of anilines is 1. The average molecular weight is 388 g/mol. The van der Waals surface area contributed by atoms with E-state index in [2.05, 4.69) is 16.8 Å². The highest BCUT2D eigenvalue weighted by Crippen LogP contribution is 2.28. The summed E-state index contributed by atoms with van der Waals surface area (Å²) in [5, 5.41) is 0.637. The number of fused-ring (bicyclic) bond motifs is 1.